The Kier molecular flexibility index (Phi) is 3.80. The zero-order valence-corrected chi connectivity index (χ0v) is 12.8. The van der Waals surface area contributed by atoms with Crippen molar-refractivity contribution >= 4 is 22.8 Å². The van der Waals surface area contributed by atoms with Gasteiger partial charge in [0.1, 0.15) is 17.1 Å². The quantitative estimate of drug-likeness (QED) is 0.692. The van der Waals surface area contributed by atoms with Crippen molar-refractivity contribution in [2.75, 3.05) is 13.0 Å². The van der Waals surface area contributed by atoms with Gasteiger partial charge >= 0.3 is 0 Å². The van der Waals surface area contributed by atoms with Crippen molar-refractivity contribution in [2.45, 2.75) is 13.3 Å². The summed E-state index contributed by atoms with van der Waals surface area (Å²) in [4.78, 5) is 9.21. The highest BCUT2D eigenvalue weighted by Crippen LogP contribution is 2.28. The van der Waals surface area contributed by atoms with Gasteiger partial charge in [-0.05, 0) is 30.7 Å². The molecule has 0 unspecified atom stereocenters. The highest BCUT2D eigenvalue weighted by Gasteiger charge is 2.17. The topological polar surface area (TPSA) is 39.9 Å². The second kappa shape index (κ2) is 5.74. The van der Waals surface area contributed by atoms with Gasteiger partial charge in [0.15, 0.2) is 5.65 Å². The molecule has 0 N–H and O–H groups in total. The minimum absolute atomic E-state index is 0.511. The fourth-order valence-electron chi connectivity index (χ4n) is 2.46. The average molecular weight is 302 g/mol. The fourth-order valence-corrected chi connectivity index (χ4v) is 2.63. The molecule has 0 saturated heterocycles. The smallest absolute Gasteiger partial charge is 0.165 e. The minimum Gasteiger partial charge on any atom is -0.495 e. The molecule has 3 rings (SSSR count). The molecule has 0 aliphatic heterocycles. The first-order chi connectivity index (χ1) is 10.3. The predicted molar refractivity (Wildman–Crippen MR) is 84.6 cm³/mol. The summed E-state index contributed by atoms with van der Waals surface area (Å²) in [5.74, 6) is 2.19. The van der Waals surface area contributed by atoms with Crippen molar-refractivity contribution in [1.29, 1.82) is 0 Å². The monoisotopic (exact) mass is 301 g/mol. The number of alkyl halides is 1. The number of nitrogens with zero attached hydrogens (tertiary/aromatic N) is 3. The van der Waals surface area contributed by atoms with Crippen LogP contribution in [-0.4, -0.2) is 27.5 Å². The number of para-hydroxylation sites is 2. The lowest BCUT2D eigenvalue weighted by atomic mass is 10.2. The van der Waals surface area contributed by atoms with Gasteiger partial charge in [0, 0.05) is 18.5 Å². The molecule has 0 aliphatic rings. The van der Waals surface area contributed by atoms with Crippen molar-refractivity contribution in [3.63, 3.8) is 0 Å². The lowest BCUT2D eigenvalue weighted by Crippen LogP contribution is -2.04. The van der Waals surface area contributed by atoms with E-state index in [0.29, 0.717) is 12.3 Å². The van der Waals surface area contributed by atoms with Gasteiger partial charge in [-0.2, -0.15) is 0 Å². The Morgan fingerprint density at radius 2 is 2.05 bits per heavy atom. The van der Waals surface area contributed by atoms with E-state index in [1.807, 2.05) is 41.8 Å². The molecule has 0 fully saturated rings. The van der Waals surface area contributed by atoms with Crippen LogP contribution in [0.25, 0.3) is 16.9 Å². The lowest BCUT2D eigenvalue weighted by Gasteiger charge is -2.12. The molecule has 0 aliphatic carbocycles. The molecule has 0 saturated carbocycles. The first-order valence-electron chi connectivity index (χ1n) is 6.78. The second-order valence-corrected chi connectivity index (χ2v) is 5.15. The Morgan fingerprint density at radius 3 is 2.81 bits per heavy atom. The summed E-state index contributed by atoms with van der Waals surface area (Å²) < 4.78 is 7.50. The van der Waals surface area contributed by atoms with Gasteiger partial charge in [-0.25, -0.2) is 9.97 Å². The Balaban J connectivity index is 2.34. The SMILES string of the molecule is COc1ccccc1-n1c(CCCl)nc2c(C)ccnc21. The van der Waals surface area contributed by atoms with E-state index in [0.717, 1.165) is 34.0 Å². The van der Waals surface area contributed by atoms with Crippen LogP contribution >= 0.6 is 11.6 Å². The van der Waals surface area contributed by atoms with E-state index < -0.39 is 0 Å². The summed E-state index contributed by atoms with van der Waals surface area (Å²) in [6.45, 7) is 2.04. The Labute approximate surface area is 128 Å². The molecule has 3 aromatic rings. The summed E-state index contributed by atoms with van der Waals surface area (Å²) >= 11 is 5.93. The van der Waals surface area contributed by atoms with Gasteiger partial charge in [-0.1, -0.05) is 12.1 Å². The number of rotatable bonds is 4. The Hall–Kier alpha value is -2.07. The van der Waals surface area contributed by atoms with Gasteiger partial charge < -0.3 is 4.74 Å². The molecular weight excluding hydrogens is 286 g/mol. The third kappa shape index (κ3) is 2.36. The van der Waals surface area contributed by atoms with Crippen molar-refractivity contribution in [1.82, 2.24) is 14.5 Å². The number of aryl methyl sites for hydroxylation is 2. The maximum atomic E-state index is 5.93. The van der Waals surface area contributed by atoms with E-state index in [9.17, 15) is 0 Å². The maximum Gasteiger partial charge on any atom is 0.165 e. The number of hydrogen-bond acceptors (Lipinski definition) is 3. The van der Waals surface area contributed by atoms with Gasteiger partial charge in [0.05, 0.1) is 12.8 Å². The van der Waals surface area contributed by atoms with Crippen LogP contribution in [0.3, 0.4) is 0 Å². The zero-order valence-electron chi connectivity index (χ0n) is 12.0. The van der Waals surface area contributed by atoms with Crippen LogP contribution in [0, 0.1) is 6.92 Å². The number of benzene rings is 1. The standard InChI is InChI=1S/C16H16ClN3O/c1-11-8-10-18-16-15(11)19-14(7-9-17)20(16)12-5-3-4-6-13(12)21-2/h3-6,8,10H,7,9H2,1-2H3. The molecule has 1 aromatic carbocycles. The molecular formula is C16H16ClN3O. The largest absolute Gasteiger partial charge is 0.495 e. The van der Waals surface area contributed by atoms with E-state index in [2.05, 4.69) is 4.98 Å². The van der Waals surface area contributed by atoms with Crippen LogP contribution in [-0.2, 0) is 6.42 Å². The molecule has 0 atom stereocenters. The van der Waals surface area contributed by atoms with E-state index in [1.54, 1.807) is 13.3 Å². The van der Waals surface area contributed by atoms with Gasteiger partial charge in [0.2, 0.25) is 0 Å². The number of methoxy groups -OCH3 is 1. The molecule has 2 heterocycles. The van der Waals surface area contributed by atoms with Crippen molar-refractivity contribution in [3.8, 4) is 11.4 Å². The highest BCUT2D eigenvalue weighted by molar-refractivity contribution is 6.17. The number of fused-ring (bicyclic) bond motifs is 1. The normalized spacial score (nSPS) is 11.0. The molecule has 108 valence electrons. The lowest BCUT2D eigenvalue weighted by molar-refractivity contribution is 0.413. The van der Waals surface area contributed by atoms with E-state index in [-0.39, 0.29) is 0 Å². The van der Waals surface area contributed by atoms with E-state index in [4.69, 9.17) is 21.3 Å². The molecule has 0 amide bonds. The summed E-state index contributed by atoms with van der Waals surface area (Å²) in [5, 5.41) is 0. The fraction of sp³-hybridized carbons (Fsp3) is 0.250. The van der Waals surface area contributed by atoms with Crippen LogP contribution in [0.1, 0.15) is 11.4 Å². The summed E-state index contributed by atoms with van der Waals surface area (Å²) in [7, 11) is 1.66. The number of halogens is 1. The third-order valence-electron chi connectivity index (χ3n) is 3.46. The predicted octanol–water partition coefficient (Wildman–Crippen LogP) is 3.52. The van der Waals surface area contributed by atoms with Crippen LogP contribution in [0.15, 0.2) is 36.5 Å². The van der Waals surface area contributed by atoms with E-state index in [1.165, 1.54) is 0 Å². The molecule has 0 radical (unpaired) electrons. The summed E-state index contributed by atoms with van der Waals surface area (Å²) in [6.07, 6.45) is 2.48. The first kappa shape index (κ1) is 13.9. The summed E-state index contributed by atoms with van der Waals surface area (Å²) in [5.41, 5.74) is 3.77. The number of aromatic nitrogens is 3. The first-order valence-corrected chi connectivity index (χ1v) is 7.32. The Bertz CT molecular complexity index is 782. The van der Waals surface area contributed by atoms with Gasteiger partial charge in [-0.15, -0.1) is 11.6 Å². The average Bonchev–Trinajstić information content (AvgIpc) is 2.87. The molecule has 0 spiro atoms. The number of imidazole rings is 1. The second-order valence-electron chi connectivity index (χ2n) is 4.77. The van der Waals surface area contributed by atoms with Crippen molar-refractivity contribution in [2.24, 2.45) is 0 Å². The van der Waals surface area contributed by atoms with Gasteiger partial charge in [-0.3, -0.25) is 4.57 Å². The molecule has 0 bridgehead atoms. The van der Waals surface area contributed by atoms with Crippen LogP contribution in [0.2, 0.25) is 0 Å². The molecule has 2 aromatic heterocycles. The highest BCUT2D eigenvalue weighted by atomic mass is 35.5. The third-order valence-corrected chi connectivity index (χ3v) is 3.65. The maximum absolute atomic E-state index is 5.93. The minimum atomic E-state index is 0.511. The molecule has 5 heteroatoms. The Morgan fingerprint density at radius 1 is 1.24 bits per heavy atom. The van der Waals surface area contributed by atoms with Crippen molar-refractivity contribution < 1.29 is 4.74 Å². The number of ether oxygens (including phenoxy) is 1. The number of hydrogen-bond donors (Lipinski definition) is 0. The van der Waals surface area contributed by atoms with Crippen LogP contribution in [0.4, 0.5) is 0 Å². The molecule has 21 heavy (non-hydrogen) atoms. The van der Waals surface area contributed by atoms with E-state index >= 15 is 0 Å². The molecule has 4 nitrogen and oxygen atoms in total. The van der Waals surface area contributed by atoms with Crippen molar-refractivity contribution in [3.05, 3.63) is 47.9 Å². The van der Waals surface area contributed by atoms with Gasteiger partial charge in [0.25, 0.3) is 0 Å². The van der Waals surface area contributed by atoms with Crippen LogP contribution in [0.5, 0.6) is 5.75 Å². The number of pyridine rings is 1. The summed E-state index contributed by atoms with van der Waals surface area (Å²) in [6, 6.07) is 9.82. The van der Waals surface area contributed by atoms with Crippen LogP contribution < -0.4 is 4.74 Å². The zero-order chi connectivity index (χ0) is 14.8.